The molecule has 0 aromatic carbocycles. The van der Waals surface area contributed by atoms with E-state index in [0.29, 0.717) is 5.92 Å². The number of hydrogen-bond acceptors (Lipinski definition) is 3. The van der Waals surface area contributed by atoms with Gasteiger partial charge in [0.25, 0.3) is 0 Å². The monoisotopic (exact) mass is 330 g/mol. The normalized spacial score (nSPS) is 14.7. The third-order valence-corrected chi connectivity index (χ3v) is 4.48. The average molecular weight is 330 g/mol. The fourth-order valence-electron chi connectivity index (χ4n) is 3.13. The van der Waals surface area contributed by atoms with E-state index in [9.17, 15) is 5.11 Å². The number of aliphatic hydroxyl groups excluding tert-OH is 1. The molecule has 24 heavy (non-hydrogen) atoms. The summed E-state index contributed by atoms with van der Waals surface area (Å²) >= 11 is 0. The van der Waals surface area contributed by atoms with Crippen LogP contribution in [-0.4, -0.2) is 11.2 Å². The van der Waals surface area contributed by atoms with E-state index >= 15 is 0 Å². The van der Waals surface area contributed by atoms with Crippen molar-refractivity contribution in [1.82, 2.24) is 0 Å². The van der Waals surface area contributed by atoms with Crippen LogP contribution >= 0.6 is 0 Å². The maximum absolute atomic E-state index is 10.3. The minimum absolute atomic E-state index is 0.237. The fourth-order valence-corrected chi connectivity index (χ4v) is 3.13. The fraction of sp³-hybridized carbons (Fsp3) is 0.524. The van der Waals surface area contributed by atoms with Crippen LogP contribution in [0.1, 0.15) is 57.1 Å². The van der Waals surface area contributed by atoms with Crippen LogP contribution in [0.5, 0.6) is 0 Å². The highest BCUT2D eigenvalue weighted by molar-refractivity contribution is 5.08. The van der Waals surface area contributed by atoms with Crippen LogP contribution < -0.4 is 0 Å². The molecule has 0 radical (unpaired) electrons. The number of aryl methyl sites for hydroxylation is 2. The van der Waals surface area contributed by atoms with Crippen LogP contribution in [0.3, 0.4) is 0 Å². The van der Waals surface area contributed by atoms with Crippen molar-refractivity contribution in [2.45, 2.75) is 64.9 Å². The van der Waals surface area contributed by atoms with Gasteiger partial charge in [-0.1, -0.05) is 25.0 Å². The molecule has 2 aromatic heterocycles. The van der Waals surface area contributed by atoms with Crippen molar-refractivity contribution in [3.63, 3.8) is 0 Å². The summed E-state index contributed by atoms with van der Waals surface area (Å²) in [7, 11) is 0. The van der Waals surface area contributed by atoms with Gasteiger partial charge >= 0.3 is 0 Å². The summed E-state index contributed by atoms with van der Waals surface area (Å²) < 4.78 is 10.2. The molecule has 0 aliphatic carbocycles. The Morgan fingerprint density at radius 1 is 1.12 bits per heavy atom. The molecule has 0 bridgehead atoms. The molecule has 3 heteroatoms. The smallest absolute Gasteiger partial charge is 0.0934 e. The van der Waals surface area contributed by atoms with E-state index in [1.807, 2.05) is 18.4 Å². The lowest BCUT2D eigenvalue weighted by molar-refractivity contribution is 0.143. The van der Waals surface area contributed by atoms with Crippen LogP contribution in [0.15, 0.2) is 57.7 Å². The molecule has 2 aromatic rings. The van der Waals surface area contributed by atoms with Gasteiger partial charge in [0.05, 0.1) is 31.2 Å². The van der Waals surface area contributed by atoms with Crippen LogP contribution in [0.4, 0.5) is 0 Å². The number of furan rings is 2. The maximum atomic E-state index is 10.3. The van der Waals surface area contributed by atoms with E-state index < -0.39 is 0 Å². The minimum atomic E-state index is -0.237. The zero-order valence-electron chi connectivity index (χ0n) is 14.9. The molecule has 0 unspecified atom stereocenters. The second kappa shape index (κ2) is 10.2. The van der Waals surface area contributed by atoms with Crippen molar-refractivity contribution in [1.29, 1.82) is 0 Å². The maximum Gasteiger partial charge on any atom is 0.0934 e. The molecule has 1 N–H and O–H groups in total. The number of aliphatic hydroxyl groups is 1. The molecule has 132 valence electrons. The molecule has 0 spiro atoms. The molecular formula is C21H30O3. The van der Waals surface area contributed by atoms with Crippen molar-refractivity contribution in [3.05, 3.63) is 60.0 Å². The molecule has 0 saturated heterocycles. The molecular weight excluding hydrogens is 300 g/mol. The Balaban J connectivity index is 1.59. The van der Waals surface area contributed by atoms with Crippen molar-refractivity contribution in [3.8, 4) is 0 Å². The second-order valence-electron chi connectivity index (χ2n) is 6.94. The Morgan fingerprint density at radius 2 is 1.79 bits per heavy atom. The van der Waals surface area contributed by atoms with E-state index in [4.69, 9.17) is 8.83 Å². The van der Waals surface area contributed by atoms with Crippen LogP contribution in [0.2, 0.25) is 0 Å². The summed E-state index contributed by atoms with van der Waals surface area (Å²) in [6, 6.07) is 4.03. The lowest BCUT2D eigenvalue weighted by Crippen LogP contribution is -2.12. The first-order chi connectivity index (χ1) is 11.6. The Bertz CT molecular complexity index is 566. The number of hydrogen-bond donors (Lipinski definition) is 1. The Labute approximate surface area is 145 Å². The van der Waals surface area contributed by atoms with Gasteiger partial charge in [-0.3, -0.25) is 0 Å². The van der Waals surface area contributed by atoms with Crippen molar-refractivity contribution >= 4 is 0 Å². The summed E-state index contributed by atoms with van der Waals surface area (Å²) in [6.07, 6.45) is 16.0. The highest BCUT2D eigenvalue weighted by Gasteiger charge is 2.11. The van der Waals surface area contributed by atoms with Gasteiger partial charge in [0.1, 0.15) is 0 Å². The minimum Gasteiger partial charge on any atom is -0.472 e. The van der Waals surface area contributed by atoms with Gasteiger partial charge in [0, 0.05) is 0 Å². The van der Waals surface area contributed by atoms with Crippen LogP contribution in [-0.2, 0) is 12.8 Å². The lowest BCUT2D eigenvalue weighted by atomic mass is 9.93. The SMILES string of the molecule is C/C(=C\CCc1ccoc1)C[C@H](O)C[C@H](C)CCCc1ccoc1. The summed E-state index contributed by atoms with van der Waals surface area (Å²) in [5.74, 6) is 0.547. The highest BCUT2D eigenvalue weighted by atomic mass is 16.3. The number of allylic oxidation sites excluding steroid dienone is 1. The summed E-state index contributed by atoms with van der Waals surface area (Å²) in [6.45, 7) is 4.35. The highest BCUT2D eigenvalue weighted by Crippen LogP contribution is 2.19. The molecule has 0 fully saturated rings. The van der Waals surface area contributed by atoms with Gasteiger partial charge in [-0.25, -0.2) is 0 Å². The molecule has 0 amide bonds. The van der Waals surface area contributed by atoms with E-state index in [1.54, 1.807) is 18.8 Å². The Hall–Kier alpha value is -1.74. The molecule has 2 atom stereocenters. The molecule has 0 saturated carbocycles. The van der Waals surface area contributed by atoms with Crippen molar-refractivity contribution in [2.75, 3.05) is 0 Å². The quantitative estimate of drug-likeness (QED) is 0.549. The van der Waals surface area contributed by atoms with E-state index in [0.717, 1.165) is 44.9 Å². The Morgan fingerprint density at radius 3 is 2.42 bits per heavy atom. The first kappa shape index (κ1) is 18.6. The first-order valence-corrected chi connectivity index (χ1v) is 8.99. The van der Waals surface area contributed by atoms with Crippen LogP contribution in [0.25, 0.3) is 0 Å². The molecule has 3 nitrogen and oxygen atoms in total. The first-order valence-electron chi connectivity index (χ1n) is 8.99. The van der Waals surface area contributed by atoms with E-state index in [2.05, 4.69) is 19.9 Å². The van der Waals surface area contributed by atoms with E-state index in [1.165, 1.54) is 16.7 Å². The predicted molar refractivity (Wildman–Crippen MR) is 96.8 cm³/mol. The largest absolute Gasteiger partial charge is 0.472 e. The van der Waals surface area contributed by atoms with Crippen molar-refractivity contribution in [2.24, 2.45) is 5.92 Å². The van der Waals surface area contributed by atoms with Gasteiger partial charge in [-0.15, -0.1) is 0 Å². The molecule has 2 heterocycles. The number of rotatable bonds is 11. The third kappa shape index (κ3) is 7.22. The zero-order chi connectivity index (χ0) is 17.2. The predicted octanol–water partition coefficient (Wildman–Crippen LogP) is 5.55. The van der Waals surface area contributed by atoms with E-state index in [-0.39, 0.29) is 6.10 Å². The Kier molecular flexibility index (Phi) is 7.90. The molecule has 0 aliphatic rings. The summed E-state index contributed by atoms with van der Waals surface area (Å²) in [5, 5.41) is 10.3. The van der Waals surface area contributed by atoms with Crippen molar-refractivity contribution < 1.29 is 13.9 Å². The van der Waals surface area contributed by atoms with Gasteiger partial charge in [-0.05, 0) is 74.6 Å². The topological polar surface area (TPSA) is 46.5 Å². The summed E-state index contributed by atoms with van der Waals surface area (Å²) in [5.41, 5.74) is 3.77. The lowest BCUT2D eigenvalue weighted by Gasteiger charge is -2.16. The standard InChI is InChI=1S/C21H30O3/c1-17(5-3-7-19-9-11-23-15-19)13-21(22)14-18(2)6-4-8-20-10-12-24-16-20/h5,9-12,15-16,18,21-22H,3-4,6-8,13-14H2,1-2H3/b17-5+/t18-,21+/m1/s1. The van der Waals surface area contributed by atoms with Gasteiger partial charge in [0.15, 0.2) is 0 Å². The van der Waals surface area contributed by atoms with Gasteiger partial charge < -0.3 is 13.9 Å². The average Bonchev–Trinajstić information content (AvgIpc) is 3.20. The van der Waals surface area contributed by atoms with Gasteiger partial charge in [-0.2, -0.15) is 0 Å². The zero-order valence-corrected chi connectivity index (χ0v) is 14.9. The second-order valence-corrected chi connectivity index (χ2v) is 6.94. The molecule has 2 rings (SSSR count). The van der Waals surface area contributed by atoms with Gasteiger partial charge in [0.2, 0.25) is 0 Å². The molecule has 0 aliphatic heterocycles. The van der Waals surface area contributed by atoms with Crippen LogP contribution in [0, 0.1) is 5.92 Å². The summed E-state index contributed by atoms with van der Waals surface area (Å²) in [4.78, 5) is 0. The third-order valence-electron chi connectivity index (χ3n) is 4.48.